The van der Waals surface area contributed by atoms with E-state index in [-0.39, 0.29) is 37.4 Å². The molecule has 0 N–H and O–H groups in total. The third-order valence-corrected chi connectivity index (χ3v) is 16.1. The molecule has 1 fully saturated rings. The molecule has 1 saturated heterocycles. The van der Waals surface area contributed by atoms with E-state index in [1.54, 1.807) is 67.3 Å². The van der Waals surface area contributed by atoms with Crippen LogP contribution in [0.4, 0.5) is 4.39 Å². The fourth-order valence-corrected chi connectivity index (χ4v) is 11.8. The molecule has 4 aromatic rings. The van der Waals surface area contributed by atoms with Gasteiger partial charge in [0.1, 0.15) is 23.2 Å². The SMILES string of the molecule is COSP(=S)(c1ccc(OC(=O)c2c(CC(=O)OCCCCO[N+](=O)[O-])c(C)n(-c3cccc(F)c3)c2-c2ccc([S+](C)[O-])cc2)cc1)N1CCOCC1. The molecule has 288 valence electrons. The van der Waals surface area contributed by atoms with Gasteiger partial charge >= 0.3 is 11.9 Å². The second-order valence-electron chi connectivity index (χ2n) is 12.0. The Kier molecular flexibility index (Phi) is 14.7. The molecule has 0 amide bonds. The number of rotatable bonds is 17. The summed E-state index contributed by atoms with van der Waals surface area (Å²) in [4.78, 5) is 43.0. The van der Waals surface area contributed by atoms with Gasteiger partial charge in [-0.2, -0.15) is 0 Å². The van der Waals surface area contributed by atoms with E-state index in [4.69, 9.17) is 30.2 Å². The van der Waals surface area contributed by atoms with Crippen molar-refractivity contribution < 1.29 is 46.9 Å². The minimum atomic E-state index is -2.41. The van der Waals surface area contributed by atoms with Crippen molar-refractivity contribution in [1.29, 1.82) is 0 Å². The molecule has 2 atom stereocenters. The first-order valence-electron chi connectivity index (χ1n) is 16.8. The second-order valence-corrected chi connectivity index (χ2v) is 20.2. The van der Waals surface area contributed by atoms with E-state index >= 15 is 0 Å². The molecule has 0 aliphatic carbocycles. The number of carbonyl (C=O) groups is 2. The van der Waals surface area contributed by atoms with Crippen LogP contribution in [-0.2, 0) is 52.7 Å². The van der Waals surface area contributed by atoms with Gasteiger partial charge in [0.15, 0.2) is 4.90 Å². The van der Waals surface area contributed by atoms with Crippen LogP contribution >= 0.6 is 17.1 Å². The van der Waals surface area contributed by atoms with Gasteiger partial charge in [-0.25, -0.2) is 9.18 Å². The number of benzene rings is 3. The topological polar surface area (TPSA) is 155 Å². The molecule has 13 nitrogen and oxygen atoms in total. The van der Waals surface area contributed by atoms with Crippen molar-refractivity contribution in [2.45, 2.75) is 31.1 Å². The number of morpholine rings is 1. The maximum atomic E-state index is 14.7. The summed E-state index contributed by atoms with van der Waals surface area (Å²) in [6, 6.07) is 19.5. The molecule has 18 heteroatoms. The first kappa shape index (κ1) is 41.4. The summed E-state index contributed by atoms with van der Waals surface area (Å²) >= 11 is 6.13. The monoisotopic (exact) mass is 819 g/mol. The van der Waals surface area contributed by atoms with Crippen molar-refractivity contribution in [3.05, 3.63) is 106 Å². The van der Waals surface area contributed by atoms with Crippen molar-refractivity contribution in [3.8, 4) is 22.7 Å². The number of aromatic nitrogens is 1. The first-order chi connectivity index (χ1) is 25.9. The zero-order valence-corrected chi connectivity index (χ0v) is 33.1. The summed E-state index contributed by atoms with van der Waals surface area (Å²) in [5.74, 6) is -1.73. The molecule has 0 spiro atoms. The van der Waals surface area contributed by atoms with Crippen LogP contribution in [0.3, 0.4) is 0 Å². The van der Waals surface area contributed by atoms with Gasteiger partial charge in [-0.05, 0) is 109 Å². The lowest BCUT2D eigenvalue weighted by Gasteiger charge is -2.36. The molecule has 2 unspecified atom stereocenters. The number of unbranched alkanes of at least 4 members (excludes halogenated alkanes) is 1. The van der Waals surface area contributed by atoms with Gasteiger partial charge in [-0.1, -0.05) is 17.9 Å². The van der Waals surface area contributed by atoms with Gasteiger partial charge in [-0.15, -0.1) is 10.1 Å². The standard InChI is InChI=1S/C36H39FN3O10PS3/c1-25-32(24-33(41)48-19-4-5-20-49-40(43)44)34(35(26-9-15-31(16-10-26)54(3)45)39(25)28-8-6-7-27(37)23-28)36(42)50-29-11-13-30(14-12-29)51(52,53-46-2)38-17-21-47-22-18-38/h6-16,23H,4-5,17-22,24H2,1-3H3. The Morgan fingerprint density at radius 1 is 1.06 bits per heavy atom. The van der Waals surface area contributed by atoms with Crippen molar-refractivity contribution in [3.63, 3.8) is 0 Å². The van der Waals surface area contributed by atoms with Crippen LogP contribution in [-0.4, -0.2) is 83.7 Å². The maximum Gasteiger partial charge on any atom is 0.346 e. The number of esters is 2. The van der Waals surface area contributed by atoms with Gasteiger partial charge in [0.05, 0.1) is 51.2 Å². The number of carbonyl (C=O) groups excluding carboxylic acids is 2. The molecule has 1 aromatic heterocycles. The first-order valence-corrected chi connectivity index (χ1v) is 22.4. The Labute approximate surface area is 324 Å². The smallest absolute Gasteiger partial charge is 0.346 e. The van der Waals surface area contributed by atoms with Crippen LogP contribution in [0.5, 0.6) is 5.75 Å². The van der Waals surface area contributed by atoms with Gasteiger partial charge < -0.3 is 32.4 Å². The molecule has 54 heavy (non-hydrogen) atoms. The van der Waals surface area contributed by atoms with Crippen LogP contribution in [0.25, 0.3) is 16.9 Å². The molecule has 0 bridgehead atoms. The van der Waals surface area contributed by atoms with Crippen LogP contribution in [0, 0.1) is 22.9 Å². The highest BCUT2D eigenvalue weighted by Gasteiger charge is 2.33. The Hall–Kier alpha value is -3.80. The Balaban J connectivity index is 1.54. The number of halogens is 1. The summed E-state index contributed by atoms with van der Waals surface area (Å²) in [7, 11) is 1.58. The molecule has 1 aliphatic rings. The van der Waals surface area contributed by atoms with Gasteiger partial charge in [0.2, 0.25) is 0 Å². The minimum absolute atomic E-state index is 0.0308. The minimum Gasteiger partial charge on any atom is -0.612 e. The molecule has 0 saturated carbocycles. The summed E-state index contributed by atoms with van der Waals surface area (Å²) in [6.07, 6.45) is 1.80. The lowest BCUT2D eigenvalue weighted by Crippen LogP contribution is -2.35. The zero-order chi connectivity index (χ0) is 38.8. The summed E-state index contributed by atoms with van der Waals surface area (Å²) in [5.41, 5.74) is 2.04. The summed E-state index contributed by atoms with van der Waals surface area (Å²) in [5, 5.41) is 7.98. The molecule has 5 rings (SSSR count). The lowest BCUT2D eigenvalue weighted by molar-refractivity contribution is -0.757. The predicted molar refractivity (Wildman–Crippen MR) is 207 cm³/mol. The molecular weight excluding hydrogens is 781 g/mol. The number of nitrogens with zero attached hydrogens (tertiary/aromatic N) is 3. The van der Waals surface area contributed by atoms with E-state index in [2.05, 4.69) is 9.51 Å². The highest BCUT2D eigenvalue weighted by Crippen LogP contribution is 2.61. The fourth-order valence-electron chi connectivity index (χ4n) is 5.95. The van der Waals surface area contributed by atoms with E-state index in [1.807, 2.05) is 12.1 Å². The summed E-state index contributed by atoms with van der Waals surface area (Å²) < 4.78 is 53.3. The third kappa shape index (κ3) is 10.1. The fraction of sp³-hybridized carbons (Fsp3) is 0.333. The Bertz CT molecular complexity index is 1990. The van der Waals surface area contributed by atoms with Crippen molar-refractivity contribution in [1.82, 2.24) is 9.24 Å². The van der Waals surface area contributed by atoms with Crippen molar-refractivity contribution >= 4 is 57.3 Å². The van der Waals surface area contributed by atoms with E-state index in [0.29, 0.717) is 65.8 Å². The predicted octanol–water partition coefficient (Wildman–Crippen LogP) is 6.18. The van der Waals surface area contributed by atoms with Crippen molar-refractivity contribution in [2.24, 2.45) is 0 Å². The van der Waals surface area contributed by atoms with Crippen molar-refractivity contribution in [2.75, 3.05) is 52.9 Å². The Morgan fingerprint density at radius 3 is 2.37 bits per heavy atom. The van der Waals surface area contributed by atoms with Gasteiger partial charge in [0.25, 0.3) is 5.09 Å². The van der Waals surface area contributed by atoms with Crippen LogP contribution in [0.2, 0.25) is 0 Å². The zero-order valence-electron chi connectivity index (χ0n) is 29.8. The molecule has 0 radical (unpaired) electrons. The van der Waals surface area contributed by atoms with Gasteiger partial charge in [-0.3, -0.25) is 9.46 Å². The maximum absolute atomic E-state index is 14.7. The highest BCUT2D eigenvalue weighted by atomic mass is 32.9. The molecule has 2 heterocycles. The average Bonchev–Trinajstić information content (AvgIpc) is 3.44. The average molecular weight is 820 g/mol. The normalized spacial score (nSPS) is 14.9. The largest absolute Gasteiger partial charge is 0.612 e. The van der Waals surface area contributed by atoms with Crippen LogP contribution in [0.15, 0.2) is 77.7 Å². The van der Waals surface area contributed by atoms with Crippen LogP contribution in [0.1, 0.15) is 34.5 Å². The third-order valence-electron chi connectivity index (χ3n) is 8.49. The number of hydrogen-bond acceptors (Lipinski definition) is 12. The Morgan fingerprint density at radius 2 is 1.74 bits per heavy atom. The van der Waals surface area contributed by atoms with E-state index in [0.717, 1.165) is 5.30 Å². The number of ether oxygens (including phenoxy) is 3. The van der Waals surface area contributed by atoms with Gasteiger partial charge in [0, 0.05) is 41.4 Å². The quantitative estimate of drug-likeness (QED) is 0.0174. The second kappa shape index (κ2) is 19.2. The van der Waals surface area contributed by atoms with E-state index in [9.17, 15) is 28.6 Å². The molecule has 3 aromatic carbocycles. The van der Waals surface area contributed by atoms with Crippen LogP contribution < -0.4 is 10.0 Å². The summed E-state index contributed by atoms with van der Waals surface area (Å²) in [6.45, 7) is 3.97. The van der Waals surface area contributed by atoms with E-state index < -0.39 is 39.4 Å². The molecule has 1 aliphatic heterocycles. The van der Waals surface area contributed by atoms with E-state index in [1.165, 1.54) is 29.9 Å². The molecular formula is C36H39FN3O10PS3. The number of hydrogen-bond donors (Lipinski definition) is 0. The highest BCUT2D eigenvalue weighted by molar-refractivity contribution is 8.70. The lowest BCUT2D eigenvalue weighted by atomic mass is 10.0.